The summed E-state index contributed by atoms with van der Waals surface area (Å²) in [7, 11) is 4.00. The Labute approximate surface area is 152 Å². The Hall–Kier alpha value is -2.19. The maximum atomic E-state index is 13.1. The normalized spacial score (nSPS) is 31.9. The molecule has 8 nitrogen and oxygen atoms in total. The van der Waals surface area contributed by atoms with Crippen LogP contribution in [0.25, 0.3) is 0 Å². The van der Waals surface area contributed by atoms with Gasteiger partial charge in [-0.05, 0) is 34.0 Å². The van der Waals surface area contributed by atoms with Gasteiger partial charge in [0.25, 0.3) is 0 Å². The molecular weight excluding hydrogens is 336 g/mol. The SMILES string of the molecule is Cc1cc(N2C[C@]34C=C[C@@H](O3)[C@@H](C(=O)NCCCN(C)C)[C@H]4C2=O)no1. The second-order valence-corrected chi connectivity index (χ2v) is 7.57. The molecule has 0 radical (unpaired) electrons. The molecule has 3 aliphatic heterocycles. The Morgan fingerprint density at radius 2 is 2.31 bits per heavy atom. The van der Waals surface area contributed by atoms with E-state index in [1.54, 1.807) is 17.9 Å². The van der Waals surface area contributed by atoms with Crippen molar-refractivity contribution in [2.75, 3.05) is 38.6 Å². The second kappa shape index (κ2) is 6.21. The first-order valence-corrected chi connectivity index (χ1v) is 8.95. The molecule has 2 fully saturated rings. The summed E-state index contributed by atoms with van der Waals surface area (Å²) >= 11 is 0. The van der Waals surface area contributed by atoms with Crippen LogP contribution in [-0.2, 0) is 14.3 Å². The summed E-state index contributed by atoms with van der Waals surface area (Å²) in [4.78, 5) is 29.5. The molecule has 0 aromatic carbocycles. The van der Waals surface area contributed by atoms with E-state index < -0.39 is 17.4 Å². The second-order valence-electron chi connectivity index (χ2n) is 7.57. The molecule has 4 heterocycles. The lowest BCUT2D eigenvalue weighted by molar-refractivity contribution is -0.131. The minimum Gasteiger partial charge on any atom is -0.360 e. The summed E-state index contributed by atoms with van der Waals surface area (Å²) in [5, 5.41) is 6.92. The van der Waals surface area contributed by atoms with Crippen LogP contribution >= 0.6 is 0 Å². The quantitative estimate of drug-likeness (QED) is 0.581. The van der Waals surface area contributed by atoms with Crippen molar-refractivity contribution < 1.29 is 18.8 Å². The van der Waals surface area contributed by atoms with Crippen LogP contribution in [0, 0.1) is 18.8 Å². The van der Waals surface area contributed by atoms with E-state index in [1.165, 1.54) is 0 Å². The van der Waals surface area contributed by atoms with E-state index in [-0.39, 0.29) is 17.9 Å². The van der Waals surface area contributed by atoms with Crippen molar-refractivity contribution in [2.45, 2.75) is 25.0 Å². The Balaban J connectivity index is 1.49. The Morgan fingerprint density at radius 1 is 1.50 bits per heavy atom. The highest BCUT2D eigenvalue weighted by molar-refractivity contribution is 6.02. The Morgan fingerprint density at radius 3 is 3.00 bits per heavy atom. The largest absolute Gasteiger partial charge is 0.360 e. The Bertz CT molecular complexity index is 758. The van der Waals surface area contributed by atoms with Gasteiger partial charge in [0.1, 0.15) is 11.4 Å². The van der Waals surface area contributed by atoms with Crippen LogP contribution < -0.4 is 10.2 Å². The van der Waals surface area contributed by atoms with Gasteiger partial charge in [0.15, 0.2) is 5.82 Å². The predicted molar refractivity (Wildman–Crippen MR) is 93.5 cm³/mol. The number of nitrogens with zero attached hydrogens (tertiary/aromatic N) is 3. The van der Waals surface area contributed by atoms with Gasteiger partial charge in [0, 0.05) is 12.6 Å². The standard InChI is InChI=1S/C18H24N4O4/c1-11-9-13(20-26-11)22-10-18-6-5-12(25-18)14(15(18)17(22)24)16(23)19-7-4-8-21(2)3/h5-6,9,12,14-15H,4,7-8,10H2,1-3H3,(H,19,23)/t12-,14-,15+,18+/m1/s1. The average molecular weight is 360 g/mol. The molecule has 1 spiro atoms. The van der Waals surface area contributed by atoms with E-state index in [9.17, 15) is 9.59 Å². The molecule has 0 aliphatic carbocycles. The minimum atomic E-state index is -0.736. The number of fused-ring (bicyclic) bond motifs is 1. The number of nitrogens with one attached hydrogen (secondary N) is 1. The molecule has 4 rings (SSSR count). The van der Waals surface area contributed by atoms with E-state index in [0.717, 1.165) is 13.0 Å². The first kappa shape index (κ1) is 17.2. The third kappa shape index (κ3) is 2.64. The summed E-state index contributed by atoms with van der Waals surface area (Å²) in [5.74, 6) is -0.136. The van der Waals surface area contributed by atoms with Crippen molar-refractivity contribution in [1.29, 1.82) is 0 Å². The van der Waals surface area contributed by atoms with Gasteiger partial charge in [-0.15, -0.1) is 0 Å². The van der Waals surface area contributed by atoms with Crippen molar-refractivity contribution in [3.8, 4) is 0 Å². The monoisotopic (exact) mass is 360 g/mol. The lowest BCUT2D eigenvalue weighted by atomic mass is 9.77. The fourth-order valence-corrected chi connectivity index (χ4v) is 4.20. The van der Waals surface area contributed by atoms with E-state index in [1.807, 2.05) is 26.2 Å². The summed E-state index contributed by atoms with van der Waals surface area (Å²) in [6, 6.07) is 1.72. The highest BCUT2D eigenvalue weighted by atomic mass is 16.5. The zero-order valence-corrected chi connectivity index (χ0v) is 15.3. The first-order chi connectivity index (χ1) is 12.4. The van der Waals surface area contributed by atoms with E-state index >= 15 is 0 Å². The van der Waals surface area contributed by atoms with Gasteiger partial charge < -0.3 is 19.5 Å². The average Bonchev–Trinajstić information content (AvgIpc) is 3.32. The number of ether oxygens (including phenoxy) is 1. The van der Waals surface area contributed by atoms with Gasteiger partial charge >= 0.3 is 0 Å². The topological polar surface area (TPSA) is 87.9 Å². The lowest BCUT2D eigenvalue weighted by Gasteiger charge is -2.23. The molecule has 2 saturated heterocycles. The van der Waals surface area contributed by atoms with E-state index in [4.69, 9.17) is 9.26 Å². The van der Waals surface area contributed by atoms with Crippen LogP contribution in [0.15, 0.2) is 22.7 Å². The number of amides is 2. The van der Waals surface area contributed by atoms with Crippen molar-refractivity contribution >= 4 is 17.6 Å². The highest BCUT2D eigenvalue weighted by Crippen LogP contribution is 2.52. The molecule has 1 aromatic heterocycles. The Kier molecular flexibility index (Phi) is 4.11. The lowest BCUT2D eigenvalue weighted by Crippen LogP contribution is -2.44. The third-order valence-corrected chi connectivity index (χ3v) is 5.38. The fourth-order valence-electron chi connectivity index (χ4n) is 4.20. The van der Waals surface area contributed by atoms with Gasteiger partial charge in [-0.1, -0.05) is 17.3 Å². The molecule has 140 valence electrons. The number of hydrogen-bond acceptors (Lipinski definition) is 6. The van der Waals surface area contributed by atoms with Crippen molar-refractivity contribution in [2.24, 2.45) is 11.8 Å². The van der Waals surface area contributed by atoms with Crippen LogP contribution in [0.1, 0.15) is 12.2 Å². The first-order valence-electron chi connectivity index (χ1n) is 8.95. The van der Waals surface area contributed by atoms with Gasteiger partial charge in [-0.2, -0.15) is 0 Å². The van der Waals surface area contributed by atoms with E-state index in [0.29, 0.717) is 24.7 Å². The van der Waals surface area contributed by atoms with Crippen LogP contribution in [0.3, 0.4) is 0 Å². The molecular formula is C18H24N4O4. The number of carbonyl (C=O) groups excluding carboxylic acids is 2. The van der Waals surface area contributed by atoms with Crippen LogP contribution in [0.2, 0.25) is 0 Å². The van der Waals surface area contributed by atoms with Gasteiger partial charge in [0.05, 0.1) is 24.5 Å². The summed E-state index contributed by atoms with van der Waals surface area (Å²) < 4.78 is 11.2. The van der Waals surface area contributed by atoms with Gasteiger partial charge in [-0.3, -0.25) is 14.5 Å². The van der Waals surface area contributed by atoms with Crippen molar-refractivity contribution in [3.63, 3.8) is 0 Å². The van der Waals surface area contributed by atoms with Gasteiger partial charge in [0.2, 0.25) is 11.8 Å². The number of anilines is 1. The predicted octanol–water partition coefficient (Wildman–Crippen LogP) is 0.337. The summed E-state index contributed by atoms with van der Waals surface area (Å²) in [5.41, 5.74) is -0.736. The maximum absolute atomic E-state index is 13.1. The number of aryl methyl sites for hydroxylation is 1. The minimum absolute atomic E-state index is 0.114. The molecule has 0 saturated carbocycles. The number of rotatable bonds is 6. The van der Waals surface area contributed by atoms with Crippen LogP contribution in [-0.4, -0.2) is 67.3 Å². The van der Waals surface area contributed by atoms with Gasteiger partial charge in [-0.25, -0.2) is 0 Å². The molecule has 8 heteroatoms. The highest BCUT2D eigenvalue weighted by Gasteiger charge is 2.67. The summed E-state index contributed by atoms with van der Waals surface area (Å²) in [6.45, 7) is 3.63. The number of carbonyl (C=O) groups is 2. The molecule has 1 aromatic rings. The zero-order valence-electron chi connectivity index (χ0n) is 15.3. The molecule has 2 bridgehead atoms. The molecule has 1 N–H and O–H groups in total. The van der Waals surface area contributed by atoms with Crippen LogP contribution in [0.4, 0.5) is 5.82 Å². The fraction of sp³-hybridized carbons (Fsp3) is 0.611. The van der Waals surface area contributed by atoms with Crippen LogP contribution in [0.5, 0.6) is 0 Å². The van der Waals surface area contributed by atoms with Crippen molar-refractivity contribution in [1.82, 2.24) is 15.4 Å². The molecule has 0 unspecified atom stereocenters. The smallest absolute Gasteiger partial charge is 0.235 e. The molecule has 26 heavy (non-hydrogen) atoms. The van der Waals surface area contributed by atoms with E-state index in [2.05, 4.69) is 15.4 Å². The summed E-state index contributed by atoms with van der Waals surface area (Å²) in [6.07, 6.45) is 4.37. The van der Waals surface area contributed by atoms with Crippen molar-refractivity contribution in [3.05, 3.63) is 24.0 Å². The molecule has 4 atom stereocenters. The zero-order chi connectivity index (χ0) is 18.5. The molecule has 2 amide bonds. The third-order valence-electron chi connectivity index (χ3n) is 5.38. The number of aromatic nitrogens is 1. The molecule has 3 aliphatic rings. The number of hydrogen-bond donors (Lipinski definition) is 1. The maximum Gasteiger partial charge on any atom is 0.235 e.